The third kappa shape index (κ3) is 2.28. The van der Waals surface area contributed by atoms with Gasteiger partial charge >= 0.3 is 0 Å². The van der Waals surface area contributed by atoms with Crippen molar-refractivity contribution in [2.75, 3.05) is 7.05 Å². The van der Waals surface area contributed by atoms with Gasteiger partial charge in [0.2, 0.25) is 0 Å². The summed E-state index contributed by atoms with van der Waals surface area (Å²) in [6.07, 6.45) is 1.60. The van der Waals surface area contributed by atoms with Crippen molar-refractivity contribution in [3.05, 3.63) is 47.5 Å². The number of nitrogens with zero attached hydrogens (tertiary/aromatic N) is 3. The van der Waals surface area contributed by atoms with Crippen LogP contribution < -0.4 is 5.32 Å². The van der Waals surface area contributed by atoms with E-state index in [4.69, 9.17) is 0 Å². The lowest BCUT2D eigenvalue weighted by Crippen LogP contribution is -2.14. The van der Waals surface area contributed by atoms with Crippen LogP contribution in [0.25, 0.3) is 0 Å². The van der Waals surface area contributed by atoms with Crippen molar-refractivity contribution >= 4 is 0 Å². The topological polar surface area (TPSA) is 42.7 Å². The molecule has 0 saturated carbocycles. The number of aromatic nitrogens is 3. The number of nitrogens with one attached hydrogen (secondary N) is 1. The van der Waals surface area contributed by atoms with Crippen LogP contribution in [-0.4, -0.2) is 21.8 Å². The van der Waals surface area contributed by atoms with Gasteiger partial charge in [0.25, 0.3) is 0 Å². The van der Waals surface area contributed by atoms with E-state index < -0.39 is 0 Å². The molecule has 0 aliphatic carbocycles. The van der Waals surface area contributed by atoms with Crippen LogP contribution in [0.15, 0.2) is 30.6 Å². The maximum Gasteiger partial charge on any atom is 0.141 e. The minimum absolute atomic E-state index is 0.742. The molecule has 16 heavy (non-hydrogen) atoms. The van der Waals surface area contributed by atoms with Crippen LogP contribution in [0.3, 0.4) is 0 Å². The summed E-state index contributed by atoms with van der Waals surface area (Å²) >= 11 is 0. The Hall–Kier alpha value is -1.68. The molecule has 2 aromatic rings. The van der Waals surface area contributed by atoms with Crippen molar-refractivity contribution in [1.29, 1.82) is 0 Å². The predicted octanol–water partition coefficient (Wildman–Crippen LogP) is 1.35. The smallest absolute Gasteiger partial charge is 0.141 e. The van der Waals surface area contributed by atoms with Crippen LogP contribution in [0, 0.1) is 6.92 Å². The molecule has 1 N–H and O–H groups in total. The average Bonchev–Trinajstić information content (AvgIpc) is 2.70. The first kappa shape index (κ1) is 10.8. The summed E-state index contributed by atoms with van der Waals surface area (Å²) in [6.45, 7) is 3.64. The summed E-state index contributed by atoms with van der Waals surface area (Å²) in [4.78, 5) is 4.22. The van der Waals surface area contributed by atoms with Crippen molar-refractivity contribution in [2.45, 2.75) is 20.0 Å². The fraction of sp³-hybridized carbons (Fsp3) is 0.333. The Bertz CT molecular complexity index is 462. The second-order valence-electron chi connectivity index (χ2n) is 3.79. The van der Waals surface area contributed by atoms with Gasteiger partial charge in [-0.15, -0.1) is 0 Å². The SMILES string of the molecule is CNCc1ncnn1Cc1ccccc1C. The average molecular weight is 216 g/mol. The Morgan fingerprint density at radius 2 is 2.12 bits per heavy atom. The Kier molecular flexibility index (Phi) is 3.31. The molecule has 0 saturated heterocycles. The maximum atomic E-state index is 4.24. The van der Waals surface area contributed by atoms with Gasteiger partial charge in [-0.05, 0) is 25.1 Å². The molecule has 0 fully saturated rings. The summed E-state index contributed by atoms with van der Waals surface area (Å²) in [5.74, 6) is 0.964. The van der Waals surface area contributed by atoms with E-state index in [2.05, 4.69) is 46.6 Å². The molecule has 1 aromatic carbocycles. The molecule has 1 heterocycles. The van der Waals surface area contributed by atoms with Crippen molar-refractivity contribution < 1.29 is 0 Å². The van der Waals surface area contributed by atoms with Crippen LogP contribution in [0.5, 0.6) is 0 Å². The van der Waals surface area contributed by atoms with E-state index in [-0.39, 0.29) is 0 Å². The lowest BCUT2D eigenvalue weighted by atomic mass is 10.1. The Morgan fingerprint density at radius 1 is 1.31 bits per heavy atom. The van der Waals surface area contributed by atoms with Crippen LogP contribution >= 0.6 is 0 Å². The van der Waals surface area contributed by atoms with Gasteiger partial charge in [0, 0.05) is 0 Å². The van der Waals surface area contributed by atoms with Crippen molar-refractivity contribution in [3.63, 3.8) is 0 Å². The second kappa shape index (κ2) is 4.90. The first-order chi connectivity index (χ1) is 7.81. The number of benzene rings is 1. The Labute approximate surface area is 95.3 Å². The number of rotatable bonds is 4. The summed E-state index contributed by atoms with van der Waals surface area (Å²) in [5.41, 5.74) is 2.57. The van der Waals surface area contributed by atoms with Gasteiger partial charge in [0.15, 0.2) is 0 Å². The van der Waals surface area contributed by atoms with Crippen LogP contribution in [0.4, 0.5) is 0 Å². The van der Waals surface area contributed by atoms with Crippen LogP contribution in [0.2, 0.25) is 0 Å². The van der Waals surface area contributed by atoms with Crippen molar-refractivity contribution in [1.82, 2.24) is 20.1 Å². The van der Waals surface area contributed by atoms with Crippen molar-refractivity contribution in [2.24, 2.45) is 0 Å². The second-order valence-corrected chi connectivity index (χ2v) is 3.79. The molecule has 0 atom stereocenters. The molecule has 1 aromatic heterocycles. The van der Waals surface area contributed by atoms with Gasteiger partial charge in [-0.2, -0.15) is 5.10 Å². The molecule has 0 radical (unpaired) electrons. The van der Waals surface area contributed by atoms with Crippen LogP contribution in [0.1, 0.15) is 17.0 Å². The highest BCUT2D eigenvalue weighted by atomic mass is 15.3. The molecule has 0 aliphatic rings. The minimum Gasteiger partial charge on any atom is -0.313 e. The number of hydrogen-bond donors (Lipinski definition) is 1. The third-order valence-electron chi connectivity index (χ3n) is 2.61. The Morgan fingerprint density at radius 3 is 2.88 bits per heavy atom. The highest BCUT2D eigenvalue weighted by Crippen LogP contribution is 2.09. The van der Waals surface area contributed by atoms with Crippen LogP contribution in [-0.2, 0) is 13.1 Å². The summed E-state index contributed by atoms with van der Waals surface area (Å²) in [5, 5.41) is 7.32. The van der Waals surface area contributed by atoms with E-state index >= 15 is 0 Å². The molecule has 0 amide bonds. The van der Waals surface area contributed by atoms with Gasteiger partial charge in [-0.1, -0.05) is 24.3 Å². The van der Waals surface area contributed by atoms with Gasteiger partial charge in [0.1, 0.15) is 12.2 Å². The fourth-order valence-corrected chi connectivity index (χ4v) is 1.66. The molecule has 84 valence electrons. The highest BCUT2D eigenvalue weighted by Gasteiger charge is 2.04. The fourth-order valence-electron chi connectivity index (χ4n) is 1.66. The molecule has 0 aliphatic heterocycles. The molecular weight excluding hydrogens is 200 g/mol. The van der Waals surface area contributed by atoms with Crippen molar-refractivity contribution in [3.8, 4) is 0 Å². The predicted molar refractivity (Wildman–Crippen MR) is 63.1 cm³/mol. The monoisotopic (exact) mass is 216 g/mol. The lowest BCUT2D eigenvalue weighted by molar-refractivity contribution is 0.611. The van der Waals surface area contributed by atoms with E-state index in [1.54, 1.807) is 6.33 Å². The summed E-state index contributed by atoms with van der Waals surface area (Å²) in [7, 11) is 1.91. The molecule has 4 heteroatoms. The lowest BCUT2D eigenvalue weighted by Gasteiger charge is -2.08. The third-order valence-corrected chi connectivity index (χ3v) is 2.61. The number of hydrogen-bond acceptors (Lipinski definition) is 3. The van der Waals surface area contributed by atoms with Gasteiger partial charge < -0.3 is 5.32 Å². The normalized spacial score (nSPS) is 10.6. The first-order valence-corrected chi connectivity index (χ1v) is 5.37. The van der Waals surface area contributed by atoms with E-state index in [1.165, 1.54) is 11.1 Å². The van der Waals surface area contributed by atoms with E-state index in [1.807, 2.05) is 11.7 Å². The molecule has 0 unspecified atom stereocenters. The quantitative estimate of drug-likeness (QED) is 0.839. The highest BCUT2D eigenvalue weighted by molar-refractivity contribution is 5.25. The van der Waals surface area contributed by atoms with Gasteiger partial charge in [-0.3, -0.25) is 0 Å². The first-order valence-electron chi connectivity index (χ1n) is 5.37. The molecule has 2 rings (SSSR count). The zero-order chi connectivity index (χ0) is 11.4. The number of aryl methyl sites for hydroxylation is 1. The van der Waals surface area contributed by atoms with Gasteiger partial charge in [-0.25, -0.2) is 9.67 Å². The van der Waals surface area contributed by atoms with E-state index in [0.29, 0.717) is 0 Å². The molecular formula is C12H16N4. The summed E-state index contributed by atoms with van der Waals surface area (Å²) < 4.78 is 1.93. The zero-order valence-corrected chi connectivity index (χ0v) is 9.64. The Balaban J connectivity index is 2.20. The molecule has 0 spiro atoms. The molecule has 0 bridgehead atoms. The van der Waals surface area contributed by atoms with E-state index in [9.17, 15) is 0 Å². The van der Waals surface area contributed by atoms with Gasteiger partial charge in [0.05, 0.1) is 13.1 Å². The zero-order valence-electron chi connectivity index (χ0n) is 9.64. The maximum absolute atomic E-state index is 4.24. The van der Waals surface area contributed by atoms with E-state index in [0.717, 1.165) is 18.9 Å². The summed E-state index contributed by atoms with van der Waals surface area (Å²) in [6, 6.07) is 8.34. The largest absolute Gasteiger partial charge is 0.313 e. The molecule has 4 nitrogen and oxygen atoms in total. The standard InChI is InChI=1S/C12H16N4/c1-10-5-3-4-6-11(10)8-16-12(7-13-2)14-9-15-16/h3-6,9,13H,7-8H2,1-2H3. The minimum atomic E-state index is 0.742.